The number of hydrogen-bond acceptors (Lipinski definition) is 7. The summed E-state index contributed by atoms with van der Waals surface area (Å²) >= 11 is 0. The van der Waals surface area contributed by atoms with Gasteiger partial charge >= 0.3 is 6.09 Å². The number of anilines is 1. The van der Waals surface area contributed by atoms with Crippen molar-refractivity contribution in [2.75, 3.05) is 26.0 Å². The van der Waals surface area contributed by atoms with E-state index in [9.17, 15) is 23.1 Å². The van der Waals surface area contributed by atoms with Gasteiger partial charge in [-0.3, -0.25) is 4.79 Å². The van der Waals surface area contributed by atoms with Crippen molar-refractivity contribution >= 4 is 27.7 Å². The molecule has 5 N–H and O–H groups in total. The molecular weight excluding hydrogens is 568 g/mol. The predicted octanol–water partition coefficient (Wildman–Crippen LogP) is 3.87. The van der Waals surface area contributed by atoms with Crippen LogP contribution in [0, 0.1) is 0 Å². The van der Waals surface area contributed by atoms with E-state index in [1.807, 2.05) is 67.6 Å². The molecule has 0 aliphatic rings. The van der Waals surface area contributed by atoms with Gasteiger partial charge in [-0.15, -0.1) is 0 Å². The number of likely N-dealkylation sites (N-methyl/N-ethyl adjacent to an activating group) is 1. The largest absolute Gasteiger partial charge is 0.453 e. The lowest BCUT2D eigenvalue weighted by Gasteiger charge is -2.30. The molecule has 0 aromatic heterocycles. The van der Waals surface area contributed by atoms with Crippen molar-refractivity contribution in [3.63, 3.8) is 0 Å². The average Bonchev–Trinajstić information content (AvgIpc) is 3.01. The number of nitrogen functional groups attached to an aromatic ring is 1. The zero-order valence-electron chi connectivity index (χ0n) is 24.8. The van der Waals surface area contributed by atoms with Gasteiger partial charge in [0.05, 0.1) is 18.6 Å². The van der Waals surface area contributed by atoms with Crippen LogP contribution in [0.3, 0.4) is 0 Å². The Morgan fingerprint density at radius 3 is 1.95 bits per heavy atom. The summed E-state index contributed by atoms with van der Waals surface area (Å²) in [4.78, 5) is 26.2. The molecule has 0 bridgehead atoms. The van der Waals surface area contributed by atoms with Gasteiger partial charge in [-0.25, -0.2) is 13.2 Å². The minimum absolute atomic E-state index is 0.109. The van der Waals surface area contributed by atoms with Crippen LogP contribution in [0.4, 0.5) is 10.5 Å². The van der Waals surface area contributed by atoms with Crippen LogP contribution in [-0.2, 0) is 19.6 Å². The van der Waals surface area contributed by atoms with Gasteiger partial charge in [-0.1, -0.05) is 67.6 Å². The molecule has 232 valence electrons. The van der Waals surface area contributed by atoms with E-state index in [-0.39, 0.29) is 30.0 Å². The summed E-state index contributed by atoms with van der Waals surface area (Å²) in [5.74, 6) is -0.862. The second-order valence-corrected chi connectivity index (χ2v) is 12.3. The minimum atomic E-state index is -3.84. The summed E-state index contributed by atoms with van der Waals surface area (Å²) in [5.41, 5.74) is 7.88. The molecule has 3 unspecified atom stereocenters. The third kappa shape index (κ3) is 9.03. The van der Waals surface area contributed by atoms with Crippen molar-refractivity contribution in [1.82, 2.24) is 14.9 Å². The van der Waals surface area contributed by atoms with E-state index in [1.54, 1.807) is 6.92 Å². The highest BCUT2D eigenvalue weighted by molar-refractivity contribution is 7.89. The van der Waals surface area contributed by atoms with E-state index < -0.39 is 34.1 Å². The molecule has 10 nitrogen and oxygen atoms in total. The van der Waals surface area contributed by atoms with Gasteiger partial charge in [-0.05, 0) is 61.6 Å². The molecule has 3 aromatic rings. The van der Waals surface area contributed by atoms with Crippen molar-refractivity contribution in [2.45, 2.75) is 62.0 Å². The fraction of sp³-hybridized carbons (Fsp3) is 0.375. The zero-order chi connectivity index (χ0) is 31.4. The summed E-state index contributed by atoms with van der Waals surface area (Å²) in [5, 5.41) is 15.8. The summed E-state index contributed by atoms with van der Waals surface area (Å²) in [6.45, 7) is 3.42. The number of methoxy groups -OCH3 is 1. The number of alkyl carbamates (subject to hydrolysis) is 1. The van der Waals surface area contributed by atoms with E-state index in [0.29, 0.717) is 24.9 Å². The molecule has 0 spiro atoms. The second kappa shape index (κ2) is 16.1. The topological polar surface area (TPSA) is 151 Å². The number of sulfonamides is 1. The van der Waals surface area contributed by atoms with Crippen molar-refractivity contribution in [1.29, 1.82) is 0 Å². The SMILES string of the molecule is CCN(C(CO)CCCC(C)NC(=O)C(NC(=O)OC)C(c1ccccc1)c1ccccc1)S(=O)(=O)c1ccc(N)cc1. The van der Waals surface area contributed by atoms with Gasteiger partial charge < -0.3 is 26.2 Å². The normalized spacial score (nSPS) is 13.7. The van der Waals surface area contributed by atoms with E-state index in [2.05, 4.69) is 10.6 Å². The molecule has 3 atom stereocenters. The average molecular weight is 611 g/mol. The van der Waals surface area contributed by atoms with E-state index in [4.69, 9.17) is 10.5 Å². The second-order valence-electron chi connectivity index (χ2n) is 10.4. The van der Waals surface area contributed by atoms with Crippen LogP contribution in [-0.4, -0.2) is 68.2 Å². The van der Waals surface area contributed by atoms with E-state index in [0.717, 1.165) is 11.1 Å². The third-order valence-electron chi connectivity index (χ3n) is 7.37. The first kappa shape index (κ1) is 33.6. The summed E-state index contributed by atoms with van der Waals surface area (Å²) in [7, 11) is -2.59. The minimum Gasteiger partial charge on any atom is -0.453 e. The highest BCUT2D eigenvalue weighted by atomic mass is 32.2. The molecular formula is C32H42N4O6S. The number of amides is 2. The maximum atomic E-state index is 13.7. The van der Waals surface area contributed by atoms with Crippen LogP contribution in [0.2, 0.25) is 0 Å². The first-order valence-electron chi connectivity index (χ1n) is 14.3. The summed E-state index contributed by atoms with van der Waals surface area (Å²) < 4.78 is 32.7. The predicted molar refractivity (Wildman–Crippen MR) is 167 cm³/mol. The Kier molecular flexibility index (Phi) is 12.5. The number of nitrogens with zero attached hydrogens (tertiary/aromatic N) is 1. The Morgan fingerprint density at radius 1 is 0.907 bits per heavy atom. The molecule has 0 heterocycles. The number of benzene rings is 3. The maximum Gasteiger partial charge on any atom is 0.407 e. The lowest BCUT2D eigenvalue weighted by atomic mass is 9.84. The van der Waals surface area contributed by atoms with Crippen molar-refractivity contribution in [3.8, 4) is 0 Å². The number of nitrogens with one attached hydrogen (secondary N) is 2. The molecule has 0 radical (unpaired) electrons. The van der Waals surface area contributed by atoms with E-state index in [1.165, 1.54) is 35.7 Å². The number of aliphatic hydroxyl groups is 1. The first-order chi connectivity index (χ1) is 20.6. The zero-order valence-corrected chi connectivity index (χ0v) is 25.7. The number of carbonyl (C=O) groups excluding carboxylic acids is 2. The van der Waals surface area contributed by atoms with Gasteiger partial charge in [0.2, 0.25) is 15.9 Å². The van der Waals surface area contributed by atoms with Gasteiger partial charge in [0.25, 0.3) is 0 Å². The van der Waals surface area contributed by atoms with Gasteiger partial charge in [0, 0.05) is 30.2 Å². The number of hydrogen-bond donors (Lipinski definition) is 4. The quantitative estimate of drug-likeness (QED) is 0.191. The molecule has 0 saturated heterocycles. The Hall–Kier alpha value is -3.93. The van der Waals surface area contributed by atoms with Crippen LogP contribution in [0.15, 0.2) is 89.8 Å². The molecule has 3 rings (SSSR count). The molecule has 0 aliphatic carbocycles. The smallest absolute Gasteiger partial charge is 0.407 e. The van der Waals surface area contributed by atoms with Crippen LogP contribution in [0.25, 0.3) is 0 Å². The highest BCUT2D eigenvalue weighted by Gasteiger charge is 2.34. The fourth-order valence-electron chi connectivity index (χ4n) is 5.17. The van der Waals surface area contributed by atoms with Gasteiger partial charge in [0.1, 0.15) is 6.04 Å². The number of carbonyl (C=O) groups is 2. The number of nitrogens with two attached hydrogens (primary N) is 1. The van der Waals surface area contributed by atoms with Crippen LogP contribution in [0.5, 0.6) is 0 Å². The van der Waals surface area contributed by atoms with E-state index >= 15 is 0 Å². The fourth-order valence-corrected chi connectivity index (χ4v) is 6.83. The van der Waals surface area contributed by atoms with Gasteiger partial charge in [-0.2, -0.15) is 4.31 Å². The maximum absolute atomic E-state index is 13.7. The summed E-state index contributed by atoms with van der Waals surface area (Å²) in [6, 6.07) is 23.0. The van der Waals surface area contributed by atoms with Crippen LogP contribution < -0.4 is 16.4 Å². The number of rotatable bonds is 15. The Labute approximate surface area is 254 Å². The summed E-state index contributed by atoms with van der Waals surface area (Å²) in [6.07, 6.45) is 0.723. The van der Waals surface area contributed by atoms with Crippen molar-refractivity contribution < 1.29 is 27.9 Å². The molecule has 0 aliphatic heterocycles. The number of ether oxygens (including phenoxy) is 1. The molecule has 0 fully saturated rings. The first-order valence-corrected chi connectivity index (χ1v) is 15.8. The van der Waals surface area contributed by atoms with Crippen LogP contribution >= 0.6 is 0 Å². The van der Waals surface area contributed by atoms with Crippen molar-refractivity contribution in [2.24, 2.45) is 0 Å². The van der Waals surface area contributed by atoms with Crippen LogP contribution in [0.1, 0.15) is 50.2 Å². The standard InChI is InChI=1S/C32H42N4O6S/c1-4-36(43(40,41)28-20-18-26(33)19-21-28)27(22-37)17-11-12-23(2)34-31(38)30(35-32(39)42-3)29(24-13-7-5-8-14-24)25-15-9-6-10-16-25/h5-10,13-16,18-21,23,27,29-30,37H,4,11-12,17,22,33H2,1-3H3,(H,34,38)(H,35,39). The molecule has 2 amide bonds. The van der Waals surface area contributed by atoms with Gasteiger partial charge in [0.15, 0.2) is 0 Å². The molecule has 0 saturated carbocycles. The lowest BCUT2D eigenvalue weighted by molar-refractivity contribution is -0.124. The van der Waals surface area contributed by atoms with Crippen molar-refractivity contribution in [3.05, 3.63) is 96.1 Å². The molecule has 11 heteroatoms. The molecule has 3 aromatic carbocycles. The Bertz CT molecular complexity index is 1370. The monoisotopic (exact) mass is 610 g/mol. The molecule has 43 heavy (non-hydrogen) atoms. The Morgan fingerprint density at radius 2 is 1.47 bits per heavy atom. The highest BCUT2D eigenvalue weighted by Crippen LogP contribution is 2.29. The number of aliphatic hydroxyl groups excluding tert-OH is 1. The lowest BCUT2D eigenvalue weighted by Crippen LogP contribution is -2.52. The Balaban J connectivity index is 1.72. The third-order valence-corrected chi connectivity index (χ3v) is 9.41.